The van der Waals surface area contributed by atoms with E-state index in [1.54, 1.807) is 0 Å². The second-order valence-electron chi connectivity index (χ2n) is 9.17. The highest BCUT2D eigenvalue weighted by molar-refractivity contribution is 5.88. The second-order valence-corrected chi connectivity index (χ2v) is 9.17. The molecule has 3 fully saturated rings. The Bertz CT molecular complexity index is 711. The Labute approximate surface area is 166 Å². The summed E-state index contributed by atoms with van der Waals surface area (Å²) in [6, 6.07) is 3.63. The summed E-state index contributed by atoms with van der Waals surface area (Å²) in [4.78, 5) is 33.1. The van der Waals surface area contributed by atoms with E-state index < -0.39 is 17.9 Å². The maximum absolute atomic E-state index is 13.2. The molecule has 2 unspecified atom stereocenters. The van der Waals surface area contributed by atoms with Crippen LogP contribution in [-0.2, 0) is 16.0 Å². The Morgan fingerprint density at radius 2 is 1.89 bits per heavy atom. The third kappa shape index (κ3) is 4.07. The average molecular weight is 386 g/mol. The highest BCUT2D eigenvalue weighted by Crippen LogP contribution is 2.54. The Kier molecular flexibility index (Phi) is 5.41. The second kappa shape index (κ2) is 7.82. The van der Waals surface area contributed by atoms with Crippen LogP contribution < -0.4 is 0 Å². The monoisotopic (exact) mass is 385 g/mol. The van der Waals surface area contributed by atoms with Gasteiger partial charge in [0, 0.05) is 32.0 Å². The molecule has 1 spiro atoms. The van der Waals surface area contributed by atoms with Crippen molar-refractivity contribution in [2.75, 3.05) is 26.7 Å². The number of likely N-dealkylation sites (N-methyl/N-ethyl adjacent to an activating group) is 1. The van der Waals surface area contributed by atoms with Gasteiger partial charge < -0.3 is 10.0 Å². The molecule has 2 saturated heterocycles. The fourth-order valence-electron chi connectivity index (χ4n) is 5.25. The Hall–Kier alpha value is -1.95. The lowest BCUT2D eigenvalue weighted by Crippen LogP contribution is -2.58. The molecule has 1 amide bonds. The topological polar surface area (TPSA) is 73.7 Å². The van der Waals surface area contributed by atoms with E-state index in [-0.39, 0.29) is 11.3 Å². The number of piperidine rings is 2. The molecule has 28 heavy (non-hydrogen) atoms. The molecular formula is C22H31N3O3. The highest BCUT2D eigenvalue weighted by Gasteiger charge is 2.55. The van der Waals surface area contributed by atoms with Crippen LogP contribution in [0.1, 0.15) is 44.1 Å². The van der Waals surface area contributed by atoms with E-state index in [1.165, 1.54) is 5.56 Å². The molecule has 1 saturated carbocycles. The lowest BCUT2D eigenvalue weighted by atomic mass is 9.80. The number of hydrogen-bond acceptors (Lipinski definition) is 4. The van der Waals surface area contributed by atoms with E-state index in [2.05, 4.69) is 17.1 Å². The number of rotatable bonds is 5. The van der Waals surface area contributed by atoms with Crippen molar-refractivity contribution in [1.82, 2.24) is 14.8 Å². The molecule has 152 valence electrons. The molecule has 0 aromatic carbocycles. The van der Waals surface area contributed by atoms with Crippen molar-refractivity contribution in [1.29, 1.82) is 0 Å². The molecule has 6 heteroatoms. The molecule has 4 rings (SSSR count). The highest BCUT2D eigenvalue weighted by atomic mass is 16.4. The molecule has 2 aliphatic heterocycles. The minimum Gasteiger partial charge on any atom is -0.481 e. The van der Waals surface area contributed by atoms with Gasteiger partial charge in [0.05, 0.1) is 5.92 Å². The van der Waals surface area contributed by atoms with Crippen molar-refractivity contribution < 1.29 is 14.7 Å². The molecule has 0 radical (unpaired) electrons. The number of carbonyl (C=O) groups is 2. The normalized spacial score (nSPS) is 27.7. The SMILES string of the molecule is CN1CC2(CC2)CC(C(=O)O)C1C(=O)N1CCC(CCc2ccncc2)CC1. The number of carboxylic acids is 1. The molecule has 6 nitrogen and oxygen atoms in total. The van der Waals surface area contributed by atoms with Gasteiger partial charge >= 0.3 is 5.97 Å². The van der Waals surface area contributed by atoms with Crippen molar-refractivity contribution in [3.05, 3.63) is 30.1 Å². The third-order valence-electron chi connectivity index (χ3n) is 7.14. The van der Waals surface area contributed by atoms with Crippen LogP contribution in [0.25, 0.3) is 0 Å². The molecule has 2 atom stereocenters. The Balaban J connectivity index is 1.32. The van der Waals surface area contributed by atoms with Crippen molar-refractivity contribution in [2.45, 2.75) is 51.0 Å². The summed E-state index contributed by atoms with van der Waals surface area (Å²) in [6.07, 6.45) is 10.7. The number of aryl methyl sites for hydroxylation is 1. The van der Waals surface area contributed by atoms with Crippen molar-refractivity contribution in [2.24, 2.45) is 17.3 Å². The summed E-state index contributed by atoms with van der Waals surface area (Å²) < 4.78 is 0. The van der Waals surface area contributed by atoms with Gasteiger partial charge in [0.25, 0.3) is 0 Å². The number of aromatic nitrogens is 1. The minimum absolute atomic E-state index is 0.0259. The van der Waals surface area contributed by atoms with Crippen LogP contribution in [0.15, 0.2) is 24.5 Å². The Morgan fingerprint density at radius 3 is 2.50 bits per heavy atom. The fourth-order valence-corrected chi connectivity index (χ4v) is 5.25. The summed E-state index contributed by atoms with van der Waals surface area (Å²) in [5.74, 6) is -0.731. The van der Waals surface area contributed by atoms with E-state index >= 15 is 0 Å². The number of nitrogens with zero attached hydrogens (tertiary/aromatic N) is 3. The summed E-state index contributed by atoms with van der Waals surface area (Å²) in [5, 5.41) is 9.75. The lowest BCUT2D eigenvalue weighted by molar-refractivity contribution is -0.156. The largest absolute Gasteiger partial charge is 0.481 e. The smallest absolute Gasteiger partial charge is 0.308 e. The van der Waals surface area contributed by atoms with Gasteiger partial charge in [-0.1, -0.05) is 0 Å². The van der Waals surface area contributed by atoms with E-state index in [1.807, 2.05) is 29.2 Å². The molecule has 1 aromatic heterocycles. The molecule has 1 aromatic rings. The number of likely N-dealkylation sites (tertiary alicyclic amines) is 2. The third-order valence-corrected chi connectivity index (χ3v) is 7.14. The van der Waals surface area contributed by atoms with Gasteiger partial charge in [0.15, 0.2) is 0 Å². The zero-order valence-electron chi connectivity index (χ0n) is 16.7. The quantitative estimate of drug-likeness (QED) is 0.843. The van der Waals surface area contributed by atoms with Gasteiger partial charge in [-0.25, -0.2) is 0 Å². The van der Waals surface area contributed by atoms with E-state index in [0.717, 1.165) is 58.2 Å². The maximum Gasteiger partial charge on any atom is 0.308 e. The molecular weight excluding hydrogens is 354 g/mol. The zero-order chi connectivity index (χ0) is 19.7. The first-order valence-electron chi connectivity index (χ1n) is 10.6. The van der Waals surface area contributed by atoms with Crippen molar-refractivity contribution in [3.8, 4) is 0 Å². The standard InChI is InChI=1S/C22H31N3O3/c1-24-15-22(8-9-22)14-18(21(27)28)19(24)20(26)25-12-6-17(7-13-25)3-2-16-4-10-23-11-5-16/h4-5,10-11,17-19H,2-3,6-9,12-15H2,1H3,(H,27,28). The van der Waals surface area contributed by atoms with Crippen LogP contribution >= 0.6 is 0 Å². The van der Waals surface area contributed by atoms with Gasteiger partial charge in [0.2, 0.25) is 5.91 Å². The van der Waals surface area contributed by atoms with Crippen LogP contribution in [0.3, 0.4) is 0 Å². The zero-order valence-corrected chi connectivity index (χ0v) is 16.7. The molecule has 1 N–H and O–H groups in total. The number of carbonyl (C=O) groups excluding carboxylic acids is 1. The van der Waals surface area contributed by atoms with E-state index in [4.69, 9.17) is 0 Å². The predicted octanol–water partition coefficient (Wildman–Crippen LogP) is 2.44. The predicted molar refractivity (Wildman–Crippen MR) is 106 cm³/mol. The van der Waals surface area contributed by atoms with Crippen molar-refractivity contribution >= 4 is 11.9 Å². The summed E-state index contributed by atoms with van der Waals surface area (Å²) in [6.45, 7) is 2.36. The van der Waals surface area contributed by atoms with Gasteiger partial charge in [-0.2, -0.15) is 0 Å². The van der Waals surface area contributed by atoms with Crippen LogP contribution in [-0.4, -0.2) is 64.5 Å². The number of amides is 1. The average Bonchev–Trinajstić information content (AvgIpc) is 3.45. The van der Waals surface area contributed by atoms with E-state index in [9.17, 15) is 14.7 Å². The number of pyridine rings is 1. The van der Waals surface area contributed by atoms with Crippen LogP contribution in [0, 0.1) is 17.3 Å². The number of carboxylic acid groups (broad SMARTS) is 1. The first kappa shape index (κ1) is 19.4. The van der Waals surface area contributed by atoms with Crippen LogP contribution in [0.2, 0.25) is 0 Å². The molecule has 3 aliphatic rings. The summed E-state index contributed by atoms with van der Waals surface area (Å²) >= 11 is 0. The molecule has 3 heterocycles. The van der Waals surface area contributed by atoms with Gasteiger partial charge in [-0.15, -0.1) is 0 Å². The first-order valence-corrected chi connectivity index (χ1v) is 10.6. The van der Waals surface area contributed by atoms with Crippen LogP contribution in [0.5, 0.6) is 0 Å². The minimum atomic E-state index is -0.816. The van der Waals surface area contributed by atoms with Crippen molar-refractivity contribution in [3.63, 3.8) is 0 Å². The lowest BCUT2D eigenvalue weighted by Gasteiger charge is -2.43. The van der Waals surface area contributed by atoms with Gasteiger partial charge in [0.1, 0.15) is 6.04 Å². The van der Waals surface area contributed by atoms with Crippen LogP contribution in [0.4, 0.5) is 0 Å². The maximum atomic E-state index is 13.2. The summed E-state index contributed by atoms with van der Waals surface area (Å²) in [5.41, 5.74) is 1.48. The fraction of sp³-hybridized carbons (Fsp3) is 0.682. The Morgan fingerprint density at radius 1 is 1.21 bits per heavy atom. The molecule has 1 aliphatic carbocycles. The molecule has 0 bridgehead atoms. The first-order chi connectivity index (χ1) is 13.5. The number of hydrogen-bond donors (Lipinski definition) is 1. The van der Waals surface area contributed by atoms with Gasteiger partial charge in [-0.05, 0) is 81.0 Å². The number of aliphatic carboxylic acids is 1. The van der Waals surface area contributed by atoms with Gasteiger partial charge in [-0.3, -0.25) is 19.5 Å². The summed E-state index contributed by atoms with van der Waals surface area (Å²) in [7, 11) is 1.93. The van der Waals surface area contributed by atoms with E-state index in [0.29, 0.717) is 12.3 Å².